The fraction of sp³-hybridized carbons (Fsp3) is 0.522. The van der Waals surface area contributed by atoms with Crippen LogP contribution in [0.5, 0.6) is 0 Å². The highest BCUT2D eigenvalue weighted by atomic mass is 16.5. The first-order chi connectivity index (χ1) is 15.5. The molecule has 172 valence electrons. The number of nitrogens with one attached hydrogen (secondary N) is 2. The molecule has 0 radical (unpaired) electrons. The molecule has 0 aliphatic carbocycles. The van der Waals surface area contributed by atoms with Crippen LogP contribution in [0.2, 0.25) is 0 Å². The Balaban J connectivity index is 1.51. The third-order valence-corrected chi connectivity index (χ3v) is 5.77. The van der Waals surface area contributed by atoms with Crippen LogP contribution in [-0.4, -0.2) is 74.0 Å². The Kier molecular flexibility index (Phi) is 7.19. The van der Waals surface area contributed by atoms with Crippen molar-refractivity contribution < 1.29 is 14.3 Å². The number of carbonyl (C=O) groups is 1. The molecule has 1 unspecified atom stereocenters. The van der Waals surface area contributed by atoms with Gasteiger partial charge in [0.1, 0.15) is 5.82 Å². The molecule has 1 aromatic heterocycles. The Morgan fingerprint density at radius 3 is 2.81 bits per heavy atom. The number of hydrogen-bond donors (Lipinski definition) is 2. The summed E-state index contributed by atoms with van der Waals surface area (Å²) in [7, 11) is 3.75. The number of hydrogen-bond acceptors (Lipinski definition) is 7. The van der Waals surface area contributed by atoms with E-state index in [4.69, 9.17) is 19.4 Å². The zero-order valence-electron chi connectivity index (χ0n) is 19.1. The number of amides is 2. The summed E-state index contributed by atoms with van der Waals surface area (Å²) in [5.74, 6) is 1.73. The second kappa shape index (κ2) is 10.2. The lowest BCUT2D eigenvalue weighted by Gasteiger charge is -2.35. The van der Waals surface area contributed by atoms with Crippen LogP contribution in [0.15, 0.2) is 24.3 Å². The van der Waals surface area contributed by atoms with E-state index in [1.807, 2.05) is 24.3 Å². The van der Waals surface area contributed by atoms with Gasteiger partial charge in [0.2, 0.25) is 0 Å². The number of aromatic nitrogens is 2. The summed E-state index contributed by atoms with van der Waals surface area (Å²) < 4.78 is 10.6. The quantitative estimate of drug-likeness (QED) is 0.639. The summed E-state index contributed by atoms with van der Waals surface area (Å²) in [6, 6.07) is 7.71. The van der Waals surface area contributed by atoms with Gasteiger partial charge >= 0.3 is 6.03 Å². The maximum atomic E-state index is 12.0. The van der Waals surface area contributed by atoms with E-state index in [0.29, 0.717) is 32.2 Å². The molecule has 1 fully saturated rings. The summed E-state index contributed by atoms with van der Waals surface area (Å²) in [6.45, 7) is 7.29. The highest BCUT2D eigenvalue weighted by molar-refractivity contribution is 5.89. The van der Waals surface area contributed by atoms with Crippen molar-refractivity contribution in [3.63, 3.8) is 0 Å². The highest BCUT2D eigenvalue weighted by Gasteiger charge is 2.29. The molecule has 0 saturated carbocycles. The summed E-state index contributed by atoms with van der Waals surface area (Å²) in [5, 5.41) is 5.67. The Hall–Kier alpha value is -2.75. The van der Waals surface area contributed by atoms with E-state index in [-0.39, 0.29) is 12.1 Å². The maximum Gasteiger partial charge on any atom is 0.319 e. The zero-order chi connectivity index (χ0) is 22.5. The third-order valence-electron chi connectivity index (χ3n) is 5.77. The fourth-order valence-electron chi connectivity index (χ4n) is 4.10. The number of rotatable bonds is 7. The molecule has 2 aliphatic rings. The fourth-order valence-corrected chi connectivity index (χ4v) is 4.10. The normalized spacial score (nSPS) is 18.5. The predicted molar refractivity (Wildman–Crippen MR) is 124 cm³/mol. The van der Waals surface area contributed by atoms with E-state index in [1.165, 1.54) is 5.56 Å². The van der Waals surface area contributed by atoms with Crippen molar-refractivity contribution in [2.24, 2.45) is 0 Å². The lowest BCUT2D eigenvalue weighted by Crippen LogP contribution is -2.44. The molecule has 3 heterocycles. The smallest absolute Gasteiger partial charge is 0.319 e. The Labute approximate surface area is 189 Å². The highest BCUT2D eigenvalue weighted by Crippen LogP contribution is 2.33. The number of ether oxygens (including phenoxy) is 2. The van der Waals surface area contributed by atoms with E-state index < -0.39 is 0 Å². The van der Waals surface area contributed by atoms with Gasteiger partial charge in [-0.2, -0.15) is 0 Å². The van der Waals surface area contributed by atoms with Gasteiger partial charge < -0.3 is 25.0 Å². The Morgan fingerprint density at radius 2 is 2.06 bits per heavy atom. The molecule has 0 bridgehead atoms. The number of fused-ring (bicyclic) bond motifs is 1. The number of morpholine rings is 1. The number of carbonyl (C=O) groups excluding carboxylic acids is 1. The monoisotopic (exact) mass is 440 g/mol. The number of methoxy groups -OCH3 is 1. The zero-order valence-corrected chi connectivity index (χ0v) is 19.1. The van der Waals surface area contributed by atoms with Crippen molar-refractivity contribution >= 4 is 17.5 Å². The molecule has 9 heteroatoms. The summed E-state index contributed by atoms with van der Waals surface area (Å²) in [5.41, 5.74) is 3.95. The summed E-state index contributed by atoms with van der Waals surface area (Å²) in [4.78, 5) is 26.5. The van der Waals surface area contributed by atoms with Crippen LogP contribution in [0, 0.1) is 0 Å². The van der Waals surface area contributed by atoms with Crippen LogP contribution in [0.25, 0.3) is 11.4 Å². The lowest BCUT2D eigenvalue weighted by atomic mass is 10.1. The average molecular weight is 441 g/mol. The maximum absolute atomic E-state index is 12.0. The summed E-state index contributed by atoms with van der Waals surface area (Å²) in [6.07, 6.45) is 0.776. The minimum atomic E-state index is -0.228. The van der Waals surface area contributed by atoms with E-state index in [0.717, 1.165) is 48.8 Å². The largest absolute Gasteiger partial charge is 0.385 e. The summed E-state index contributed by atoms with van der Waals surface area (Å²) >= 11 is 0. The van der Waals surface area contributed by atoms with Gasteiger partial charge in [-0.3, -0.25) is 4.90 Å². The molecule has 2 aromatic rings. The van der Waals surface area contributed by atoms with E-state index in [1.54, 1.807) is 7.11 Å². The van der Waals surface area contributed by atoms with Crippen molar-refractivity contribution in [3.8, 4) is 11.4 Å². The molecule has 32 heavy (non-hydrogen) atoms. The van der Waals surface area contributed by atoms with Crippen molar-refractivity contribution in [2.75, 3.05) is 57.3 Å². The van der Waals surface area contributed by atoms with Gasteiger partial charge in [0, 0.05) is 56.7 Å². The molecular formula is C23H32N6O3. The molecule has 1 saturated heterocycles. The predicted octanol–water partition coefficient (Wildman–Crippen LogP) is 2.47. The Bertz CT molecular complexity index is 936. The van der Waals surface area contributed by atoms with E-state index >= 15 is 0 Å². The Morgan fingerprint density at radius 1 is 1.25 bits per heavy atom. The molecule has 2 amide bonds. The minimum Gasteiger partial charge on any atom is -0.385 e. The average Bonchev–Trinajstić information content (AvgIpc) is 3.17. The van der Waals surface area contributed by atoms with Crippen LogP contribution >= 0.6 is 0 Å². The number of urea groups is 1. The van der Waals surface area contributed by atoms with Gasteiger partial charge in [-0.1, -0.05) is 0 Å². The molecule has 2 aliphatic heterocycles. The van der Waals surface area contributed by atoms with Crippen molar-refractivity contribution in [1.29, 1.82) is 0 Å². The van der Waals surface area contributed by atoms with Gasteiger partial charge in [0.15, 0.2) is 5.82 Å². The van der Waals surface area contributed by atoms with E-state index in [9.17, 15) is 4.79 Å². The van der Waals surface area contributed by atoms with Crippen LogP contribution in [0.1, 0.15) is 24.6 Å². The molecule has 4 rings (SSSR count). The second-order valence-corrected chi connectivity index (χ2v) is 8.39. The third kappa shape index (κ3) is 5.17. The van der Waals surface area contributed by atoms with Crippen molar-refractivity contribution in [2.45, 2.75) is 32.5 Å². The van der Waals surface area contributed by atoms with Gasteiger partial charge in [-0.15, -0.1) is 0 Å². The number of nitrogens with zero attached hydrogens (tertiary/aromatic N) is 4. The number of benzene rings is 1. The topological polar surface area (TPSA) is 91.8 Å². The molecule has 1 aromatic carbocycles. The molecular weight excluding hydrogens is 408 g/mol. The molecule has 1 atom stereocenters. The first-order valence-corrected chi connectivity index (χ1v) is 11.1. The van der Waals surface area contributed by atoms with Crippen LogP contribution in [-0.2, 0) is 22.6 Å². The van der Waals surface area contributed by atoms with Crippen LogP contribution in [0.4, 0.5) is 16.3 Å². The molecule has 9 nitrogen and oxygen atoms in total. The van der Waals surface area contributed by atoms with Gasteiger partial charge in [-0.25, -0.2) is 14.8 Å². The first kappa shape index (κ1) is 22.4. The standard InChI is InChI=1S/C23H32N6O3/c1-16-15-32-12-10-29(16)22-19-13-28(2)14-20(19)26-21(27-22)17-5-7-18(8-6-17)25-23(30)24-9-4-11-31-3/h5-8,16H,4,9-15H2,1-3H3,(H2,24,25,30). The van der Waals surface area contributed by atoms with Gasteiger partial charge in [0.05, 0.1) is 24.9 Å². The van der Waals surface area contributed by atoms with Crippen molar-refractivity contribution in [1.82, 2.24) is 20.2 Å². The van der Waals surface area contributed by atoms with Crippen molar-refractivity contribution in [3.05, 3.63) is 35.5 Å². The first-order valence-electron chi connectivity index (χ1n) is 11.1. The van der Waals surface area contributed by atoms with Gasteiger partial charge in [0.25, 0.3) is 0 Å². The van der Waals surface area contributed by atoms with Crippen LogP contribution < -0.4 is 15.5 Å². The SMILES string of the molecule is COCCCNC(=O)Nc1ccc(-c2nc3c(c(N4CCOCC4C)n2)CN(C)C3)cc1. The van der Waals surface area contributed by atoms with Gasteiger partial charge in [-0.05, 0) is 44.7 Å². The second-order valence-electron chi connectivity index (χ2n) is 8.39. The van der Waals surface area contributed by atoms with Crippen LogP contribution in [0.3, 0.4) is 0 Å². The lowest BCUT2D eigenvalue weighted by molar-refractivity contribution is 0.0984. The van der Waals surface area contributed by atoms with E-state index in [2.05, 4.69) is 34.4 Å². The molecule has 0 spiro atoms. The molecule has 2 N–H and O–H groups in total. The number of anilines is 2. The minimum absolute atomic E-state index is 0.228.